The lowest BCUT2D eigenvalue weighted by molar-refractivity contribution is -0.157. The van der Waals surface area contributed by atoms with Gasteiger partial charge in [-0.2, -0.15) is 0 Å². The largest absolute Gasteiger partial charge is 0.396 e. The van der Waals surface area contributed by atoms with Crippen LogP contribution in [0.2, 0.25) is 0 Å². The lowest BCUT2D eigenvalue weighted by Crippen LogP contribution is -2.61. The molecule has 2 bridgehead atoms. The molecule has 4 rings (SSSR count). The molecule has 1 aromatic rings. The van der Waals surface area contributed by atoms with Gasteiger partial charge in [-0.25, -0.2) is 0 Å². The van der Waals surface area contributed by atoms with Crippen LogP contribution < -0.4 is 0 Å². The van der Waals surface area contributed by atoms with Crippen LogP contribution in [0.15, 0.2) is 55.6 Å². The molecule has 3 fully saturated rings. The fourth-order valence-electron chi connectivity index (χ4n) is 8.59. The normalized spacial score (nSPS) is 27.4. The topological polar surface area (TPSA) is 90.4 Å². The molecule has 3 aliphatic rings. The molecule has 248 valence electrons. The van der Waals surface area contributed by atoms with E-state index >= 15 is 0 Å². The highest BCUT2D eigenvalue weighted by Gasteiger charge is 2.78. The van der Waals surface area contributed by atoms with Crippen LogP contribution in [-0.4, -0.2) is 86.6 Å². The zero-order valence-electron chi connectivity index (χ0n) is 28.4. The monoisotopic (exact) mass is 621 g/mol. The molecular weight excluding hydrogens is 566 g/mol. The third kappa shape index (κ3) is 6.78. The molecule has 45 heavy (non-hydrogen) atoms. The Labute approximate surface area is 270 Å². The summed E-state index contributed by atoms with van der Waals surface area (Å²) in [5, 5.41) is 9.39. The third-order valence-corrected chi connectivity index (χ3v) is 9.98. The fourth-order valence-corrected chi connectivity index (χ4v) is 8.59. The lowest BCUT2D eigenvalue weighted by atomic mass is 9.66. The first kappa shape index (κ1) is 34.9. The Balaban J connectivity index is 1.76. The predicted octanol–water partition coefficient (Wildman–Crippen LogP) is 5.36. The van der Waals surface area contributed by atoms with E-state index < -0.39 is 34.6 Å². The number of amides is 3. The van der Waals surface area contributed by atoms with Gasteiger partial charge >= 0.3 is 0 Å². The average molecular weight is 622 g/mol. The summed E-state index contributed by atoms with van der Waals surface area (Å²) >= 11 is 0. The molecule has 0 radical (unpaired) electrons. The number of rotatable bonds is 15. The molecule has 0 aliphatic carbocycles. The number of hydrogen-bond acceptors (Lipinski definition) is 5. The Bertz CT molecular complexity index is 1260. The van der Waals surface area contributed by atoms with Crippen LogP contribution in [-0.2, 0) is 25.7 Å². The molecule has 3 amide bonds. The first-order valence-electron chi connectivity index (χ1n) is 16.6. The highest BCUT2D eigenvalue weighted by molar-refractivity contribution is 5.99. The predicted molar refractivity (Wildman–Crippen MR) is 177 cm³/mol. The molecule has 8 nitrogen and oxygen atoms in total. The van der Waals surface area contributed by atoms with Crippen LogP contribution in [0.25, 0.3) is 0 Å². The Hall–Kier alpha value is -2.97. The van der Waals surface area contributed by atoms with E-state index in [-0.39, 0.29) is 29.7 Å². The third-order valence-electron chi connectivity index (χ3n) is 9.98. The second kappa shape index (κ2) is 13.4. The van der Waals surface area contributed by atoms with Gasteiger partial charge in [0.15, 0.2) is 0 Å². The fraction of sp³-hybridized carbons (Fsp3) is 0.649. The van der Waals surface area contributed by atoms with Gasteiger partial charge in [-0.15, -0.1) is 13.2 Å². The van der Waals surface area contributed by atoms with Crippen LogP contribution >= 0.6 is 0 Å². The van der Waals surface area contributed by atoms with Crippen LogP contribution in [0.1, 0.15) is 85.6 Å². The van der Waals surface area contributed by atoms with Crippen molar-refractivity contribution in [2.45, 2.75) is 109 Å². The van der Waals surface area contributed by atoms with Crippen LogP contribution in [0.3, 0.4) is 0 Å². The van der Waals surface area contributed by atoms with Gasteiger partial charge in [-0.1, -0.05) is 63.3 Å². The van der Waals surface area contributed by atoms with Crippen molar-refractivity contribution in [3.05, 3.63) is 61.2 Å². The molecule has 3 heterocycles. The molecule has 3 saturated heterocycles. The number of likely N-dealkylation sites (tertiary alicyclic amines) is 1. The standard InChI is InChI=1S/C37H55N3O5/c1-9-21-38(25-27-17-13-11-14-18-27)31(42)28-29-32(43)39(23-15-12-16-24-41)30(37(29)20-19-36(28,8)45-37)33(44)40(22-10-2)35(6,7)26-34(3,4)5/h9-11,13-14,17-18,28-30,41H,1-2,12,15-16,19-26H2,3-8H3/t28-,29+,30?,36+,37?/m1/s1. The van der Waals surface area contributed by atoms with E-state index in [4.69, 9.17) is 4.74 Å². The SMILES string of the molecule is C=CCN(Cc1ccccc1)C(=O)[C@H]1[C@H]2C(=O)N(CCCCCO)C(C(=O)N(CC=C)C(C)(C)CC(C)(C)C)C23CC[C@]1(C)O3. The maximum absolute atomic E-state index is 15.0. The number of hydrogen-bond donors (Lipinski definition) is 1. The minimum Gasteiger partial charge on any atom is -0.396 e. The maximum atomic E-state index is 15.0. The summed E-state index contributed by atoms with van der Waals surface area (Å²) in [5.41, 5.74) is -1.52. The van der Waals surface area contributed by atoms with Gasteiger partial charge in [-0.05, 0) is 70.3 Å². The first-order chi connectivity index (χ1) is 21.2. The van der Waals surface area contributed by atoms with Crippen LogP contribution in [0.5, 0.6) is 0 Å². The number of aliphatic hydroxyl groups is 1. The van der Waals surface area contributed by atoms with Crippen molar-refractivity contribution < 1.29 is 24.2 Å². The summed E-state index contributed by atoms with van der Waals surface area (Å²) in [5.74, 6) is -1.92. The summed E-state index contributed by atoms with van der Waals surface area (Å²) in [6.07, 6.45) is 7.36. The van der Waals surface area contributed by atoms with Gasteiger partial charge in [-0.3, -0.25) is 14.4 Å². The van der Waals surface area contributed by atoms with E-state index in [1.807, 2.05) is 42.2 Å². The minimum atomic E-state index is -1.09. The van der Waals surface area contributed by atoms with Gasteiger partial charge in [0.05, 0.1) is 17.4 Å². The van der Waals surface area contributed by atoms with E-state index in [0.29, 0.717) is 51.9 Å². The van der Waals surface area contributed by atoms with E-state index in [1.54, 1.807) is 22.0 Å². The molecule has 3 aliphatic heterocycles. The van der Waals surface area contributed by atoms with Crippen molar-refractivity contribution in [2.24, 2.45) is 17.3 Å². The number of benzene rings is 1. The molecule has 8 heteroatoms. The van der Waals surface area contributed by atoms with E-state index in [2.05, 4.69) is 47.8 Å². The zero-order valence-corrected chi connectivity index (χ0v) is 28.4. The van der Waals surface area contributed by atoms with Gasteiger partial charge in [0.1, 0.15) is 11.6 Å². The Kier molecular flexibility index (Phi) is 10.4. The number of carbonyl (C=O) groups excluding carboxylic acids is 3. The van der Waals surface area contributed by atoms with Crippen molar-refractivity contribution in [3.8, 4) is 0 Å². The van der Waals surface area contributed by atoms with Gasteiger partial charge < -0.3 is 24.5 Å². The molecule has 0 aromatic heterocycles. The lowest BCUT2D eigenvalue weighted by Gasteiger charge is -2.45. The summed E-state index contributed by atoms with van der Waals surface area (Å²) in [7, 11) is 0. The molecular formula is C37H55N3O5. The molecule has 1 N–H and O–H groups in total. The molecule has 2 unspecified atom stereocenters. The van der Waals surface area contributed by atoms with Crippen molar-refractivity contribution >= 4 is 17.7 Å². The smallest absolute Gasteiger partial charge is 0.249 e. The zero-order chi connectivity index (χ0) is 33.2. The second-order valence-electron chi connectivity index (χ2n) is 15.3. The number of ether oxygens (including phenoxy) is 1. The van der Waals surface area contributed by atoms with Crippen LogP contribution in [0.4, 0.5) is 0 Å². The first-order valence-corrected chi connectivity index (χ1v) is 16.6. The Morgan fingerprint density at radius 3 is 2.29 bits per heavy atom. The van der Waals surface area contributed by atoms with Crippen molar-refractivity contribution in [3.63, 3.8) is 0 Å². The van der Waals surface area contributed by atoms with Gasteiger partial charge in [0.2, 0.25) is 17.7 Å². The van der Waals surface area contributed by atoms with E-state index in [9.17, 15) is 19.5 Å². The van der Waals surface area contributed by atoms with Crippen molar-refractivity contribution in [2.75, 3.05) is 26.2 Å². The summed E-state index contributed by atoms with van der Waals surface area (Å²) < 4.78 is 6.94. The summed E-state index contributed by atoms with van der Waals surface area (Å²) in [6.45, 7) is 22.0. The number of nitrogens with zero attached hydrogens (tertiary/aromatic N) is 3. The molecule has 5 atom stereocenters. The molecule has 0 saturated carbocycles. The average Bonchev–Trinajstić information content (AvgIpc) is 3.53. The number of carbonyl (C=O) groups is 3. The summed E-state index contributed by atoms with van der Waals surface area (Å²) in [4.78, 5) is 49.5. The Morgan fingerprint density at radius 2 is 1.69 bits per heavy atom. The maximum Gasteiger partial charge on any atom is 0.249 e. The molecule has 1 aromatic carbocycles. The summed E-state index contributed by atoms with van der Waals surface area (Å²) in [6, 6.07) is 8.97. The number of unbranched alkanes of at least 4 members (excludes halogenated alkanes) is 2. The number of fused-ring (bicyclic) bond motifs is 1. The van der Waals surface area contributed by atoms with Crippen molar-refractivity contribution in [1.82, 2.24) is 14.7 Å². The van der Waals surface area contributed by atoms with E-state index in [0.717, 1.165) is 18.4 Å². The highest BCUT2D eigenvalue weighted by atomic mass is 16.5. The van der Waals surface area contributed by atoms with Crippen molar-refractivity contribution in [1.29, 1.82) is 0 Å². The van der Waals surface area contributed by atoms with Crippen LogP contribution in [0, 0.1) is 17.3 Å². The van der Waals surface area contributed by atoms with Gasteiger partial charge in [0.25, 0.3) is 0 Å². The quantitative estimate of drug-likeness (QED) is 0.211. The second-order valence-corrected chi connectivity index (χ2v) is 15.3. The van der Waals surface area contributed by atoms with E-state index in [1.165, 1.54) is 0 Å². The molecule has 1 spiro atoms. The van der Waals surface area contributed by atoms with Gasteiger partial charge in [0, 0.05) is 38.3 Å². The Morgan fingerprint density at radius 1 is 1.02 bits per heavy atom. The minimum absolute atomic E-state index is 0.0415. The number of aliphatic hydroxyl groups excluding tert-OH is 1. The highest BCUT2D eigenvalue weighted by Crippen LogP contribution is 2.63.